The smallest absolute Gasteiger partial charge is 0.315 e. The van der Waals surface area contributed by atoms with Gasteiger partial charge in [0, 0.05) is 11.4 Å². The van der Waals surface area contributed by atoms with Gasteiger partial charge in [0.2, 0.25) is 0 Å². The summed E-state index contributed by atoms with van der Waals surface area (Å²) >= 11 is 1.61. The fourth-order valence-corrected chi connectivity index (χ4v) is 2.52. The normalized spacial score (nSPS) is 12.2. The summed E-state index contributed by atoms with van der Waals surface area (Å²) < 4.78 is 4.93. The van der Waals surface area contributed by atoms with E-state index in [1.165, 1.54) is 0 Å². The van der Waals surface area contributed by atoms with Crippen molar-refractivity contribution < 1.29 is 9.32 Å². The summed E-state index contributed by atoms with van der Waals surface area (Å²) in [7, 11) is 0. The number of hydrogen-bond acceptors (Lipinski definition) is 5. The third-order valence-corrected chi connectivity index (χ3v) is 3.78. The van der Waals surface area contributed by atoms with Crippen LogP contribution in [0.5, 0.6) is 0 Å². The van der Waals surface area contributed by atoms with Crippen LogP contribution in [0.3, 0.4) is 0 Å². The molecular formula is C13H18N4O2S. The summed E-state index contributed by atoms with van der Waals surface area (Å²) in [6.07, 6.45) is 0.912. The van der Waals surface area contributed by atoms with Gasteiger partial charge >= 0.3 is 6.03 Å². The van der Waals surface area contributed by atoms with E-state index in [2.05, 4.69) is 27.7 Å². The lowest BCUT2D eigenvalue weighted by atomic mass is 10.2. The molecule has 0 radical (unpaired) electrons. The van der Waals surface area contributed by atoms with E-state index in [1.807, 2.05) is 19.2 Å². The van der Waals surface area contributed by atoms with Crippen LogP contribution in [0.2, 0.25) is 0 Å². The molecule has 0 aromatic carbocycles. The van der Waals surface area contributed by atoms with Gasteiger partial charge in [-0.15, -0.1) is 11.3 Å². The Bertz CT molecular complexity index is 578. The lowest BCUT2D eigenvalue weighted by Crippen LogP contribution is -2.36. The van der Waals surface area contributed by atoms with Crippen LogP contribution in [-0.4, -0.2) is 16.2 Å². The molecule has 0 aliphatic heterocycles. The summed E-state index contributed by atoms with van der Waals surface area (Å²) in [5, 5.41) is 12.4. The summed E-state index contributed by atoms with van der Waals surface area (Å²) in [6.45, 7) is 6.13. The van der Waals surface area contributed by atoms with Crippen LogP contribution in [-0.2, 0) is 13.0 Å². The second-order valence-electron chi connectivity index (χ2n) is 4.50. The average molecular weight is 294 g/mol. The van der Waals surface area contributed by atoms with Crippen molar-refractivity contribution in [3.8, 4) is 0 Å². The van der Waals surface area contributed by atoms with E-state index in [-0.39, 0.29) is 12.1 Å². The third-order valence-electron chi connectivity index (χ3n) is 2.77. The number of nitrogens with one attached hydrogen (secondary N) is 2. The van der Waals surface area contributed by atoms with Crippen molar-refractivity contribution in [1.82, 2.24) is 20.8 Å². The molecule has 0 aliphatic carbocycles. The molecule has 2 heterocycles. The third kappa shape index (κ3) is 3.80. The van der Waals surface area contributed by atoms with Crippen LogP contribution >= 0.6 is 11.3 Å². The molecule has 0 saturated carbocycles. The average Bonchev–Trinajstić information content (AvgIpc) is 3.05. The quantitative estimate of drug-likeness (QED) is 0.888. The van der Waals surface area contributed by atoms with Crippen molar-refractivity contribution in [2.45, 2.75) is 39.8 Å². The molecule has 0 unspecified atom stereocenters. The number of carbonyl (C=O) groups is 1. The number of urea groups is 1. The van der Waals surface area contributed by atoms with Gasteiger partial charge in [-0.05, 0) is 20.3 Å². The molecule has 0 bridgehead atoms. The molecule has 2 aromatic rings. The molecule has 7 heteroatoms. The predicted octanol–water partition coefficient (Wildman–Crippen LogP) is 2.56. The predicted molar refractivity (Wildman–Crippen MR) is 76.5 cm³/mol. The van der Waals surface area contributed by atoms with E-state index in [1.54, 1.807) is 17.4 Å². The highest BCUT2D eigenvalue weighted by atomic mass is 32.1. The number of nitrogens with zero attached hydrogens (tertiary/aromatic N) is 2. The largest absolute Gasteiger partial charge is 0.361 e. The zero-order valence-electron chi connectivity index (χ0n) is 11.8. The van der Waals surface area contributed by atoms with E-state index >= 15 is 0 Å². The molecule has 2 aromatic heterocycles. The summed E-state index contributed by atoms with van der Waals surface area (Å²) in [5.74, 6) is 0.727. The maximum absolute atomic E-state index is 11.8. The zero-order valence-corrected chi connectivity index (χ0v) is 12.6. The second kappa shape index (κ2) is 6.51. The Morgan fingerprint density at radius 2 is 2.35 bits per heavy atom. The highest BCUT2D eigenvalue weighted by Crippen LogP contribution is 2.16. The molecular weight excluding hydrogens is 276 g/mol. The molecule has 108 valence electrons. The minimum Gasteiger partial charge on any atom is -0.361 e. The Balaban J connectivity index is 1.81. The zero-order chi connectivity index (χ0) is 14.5. The molecule has 2 amide bonds. The second-order valence-corrected chi connectivity index (χ2v) is 5.44. The van der Waals surface area contributed by atoms with Crippen molar-refractivity contribution in [2.24, 2.45) is 0 Å². The number of amides is 2. The van der Waals surface area contributed by atoms with Crippen LogP contribution in [0.15, 0.2) is 16.0 Å². The monoisotopic (exact) mass is 294 g/mol. The van der Waals surface area contributed by atoms with E-state index in [0.29, 0.717) is 12.2 Å². The Labute approximate surface area is 121 Å². The topological polar surface area (TPSA) is 80.0 Å². The molecule has 0 aliphatic rings. The van der Waals surface area contributed by atoms with Crippen molar-refractivity contribution in [2.75, 3.05) is 0 Å². The number of carbonyl (C=O) groups excluding carboxylic acids is 1. The van der Waals surface area contributed by atoms with Gasteiger partial charge in [0.15, 0.2) is 0 Å². The van der Waals surface area contributed by atoms with Crippen LogP contribution < -0.4 is 10.6 Å². The first-order valence-electron chi connectivity index (χ1n) is 6.49. The number of rotatable bonds is 5. The molecule has 2 N–H and O–H groups in total. The number of aromatic nitrogens is 2. The molecule has 20 heavy (non-hydrogen) atoms. The van der Waals surface area contributed by atoms with Crippen molar-refractivity contribution in [1.29, 1.82) is 0 Å². The van der Waals surface area contributed by atoms with Gasteiger partial charge in [0.1, 0.15) is 11.5 Å². The standard InChI is InChI=1S/C13H18N4O2S/c1-4-12-16-11(7-20-12)9(3)15-13(18)14-6-10-5-8(2)19-17-10/h5,7,9H,4,6H2,1-3H3,(H2,14,15,18)/t9-/m1/s1. The summed E-state index contributed by atoms with van der Waals surface area (Å²) in [4.78, 5) is 16.2. The number of aryl methyl sites for hydroxylation is 2. The van der Waals surface area contributed by atoms with Crippen LogP contribution in [0.4, 0.5) is 4.79 Å². The lowest BCUT2D eigenvalue weighted by molar-refractivity contribution is 0.237. The first-order chi connectivity index (χ1) is 9.58. The molecule has 2 rings (SSSR count). The van der Waals surface area contributed by atoms with E-state index in [0.717, 1.165) is 22.9 Å². The lowest BCUT2D eigenvalue weighted by Gasteiger charge is -2.12. The first kappa shape index (κ1) is 14.5. The highest BCUT2D eigenvalue weighted by molar-refractivity contribution is 7.09. The van der Waals surface area contributed by atoms with Crippen molar-refractivity contribution in [3.05, 3.63) is 33.6 Å². The number of hydrogen-bond donors (Lipinski definition) is 2. The van der Waals surface area contributed by atoms with Gasteiger partial charge < -0.3 is 15.2 Å². The van der Waals surface area contributed by atoms with Crippen LogP contribution in [0.25, 0.3) is 0 Å². The van der Waals surface area contributed by atoms with Gasteiger partial charge in [-0.25, -0.2) is 9.78 Å². The maximum atomic E-state index is 11.8. The number of thiazole rings is 1. The minimum absolute atomic E-state index is 0.120. The Morgan fingerprint density at radius 1 is 1.55 bits per heavy atom. The van der Waals surface area contributed by atoms with Gasteiger partial charge in [-0.1, -0.05) is 12.1 Å². The van der Waals surface area contributed by atoms with E-state index in [4.69, 9.17) is 4.52 Å². The van der Waals surface area contributed by atoms with Gasteiger partial charge in [0.25, 0.3) is 0 Å². The van der Waals surface area contributed by atoms with Gasteiger partial charge in [0.05, 0.1) is 23.3 Å². The fraction of sp³-hybridized carbons (Fsp3) is 0.462. The molecule has 0 spiro atoms. The SMILES string of the molecule is CCc1nc([C@@H](C)NC(=O)NCc2cc(C)on2)cs1. The molecule has 0 fully saturated rings. The Hall–Kier alpha value is -1.89. The maximum Gasteiger partial charge on any atom is 0.315 e. The van der Waals surface area contributed by atoms with Crippen LogP contribution in [0.1, 0.15) is 42.0 Å². The molecule has 0 saturated heterocycles. The van der Waals surface area contributed by atoms with Gasteiger partial charge in [-0.2, -0.15) is 0 Å². The van der Waals surface area contributed by atoms with Crippen LogP contribution in [0, 0.1) is 6.92 Å². The summed E-state index contributed by atoms with van der Waals surface area (Å²) in [5.41, 5.74) is 1.59. The highest BCUT2D eigenvalue weighted by Gasteiger charge is 2.12. The molecule has 1 atom stereocenters. The summed E-state index contributed by atoms with van der Waals surface area (Å²) in [6, 6.07) is 1.42. The molecule has 6 nitrogen and oxygen atoms in total. The first-order valence-corrected chi connectivity index (χ1v) is 7.37. The minimum atomic E-state index is -0.246. The fourth-order valence-electron chi connectivity index (χ4n) is 1.68. The van der Waals surface area contributed by atoms with Crippen molar-refractivity contribution in [3.63, 3.8) is 0 Å². The van der Waals surface area contributed by atoms with E-state index < -0.39 is 0 Å². The van der Waals surface area contributed by atoms with Gasteiger partial charge in [-0.3, -0.25) is 0 Å². The Morgan fingerprint density at radius 3 is 2.95 bits per heavy atom. The van der Waals surface area contributed by atoms with Crippen molar-refractivity contribution >= 4 is 17.4 Å². The Kier molecular flexibility index (Phi) is 4.73. The van der Waals surface area contributed by atoms with E-state index in [9.17, 15) is 4.79 Å².